The largest absolute Gasteiger partial charge is 0.457 e. The maximum Gasteiger partial charge on any atom is 0.152 e. The van der Waals surface area contributed by atoms with Gasteiger partial charge in [0, 0.05) is 5.39 Å². The summed E-state index contributed by atoms with van der Waals surface area (Å²) in [5, 5.41) is 5.84. The number of halogens is 3. The number of nitrogens with one attached hydrogen (secondary N) is 1. The fourth-order valence-electron chi connectivity index (χ4n) is 2.35. The minimum absolute atomic E-state index is 0.122. The molecule has 2 nitrogen and oxygen atoms in total. The first-order chi connectivity index (χ1) is 10.1. The van der Waals surface area contributed by atoms with E-state index >= 15 is 0 Å². The lowest BCUT2D eigenvalue weighted by Gasteiger charge is -2.14. The molecule has 0 fully saturated rings. The zero-order valence-corrected chi connectivity index (χ0v) is 13.4. The molecule has 3 aromatic rings. The van der Waals surface area contributed by atoms with E-state index < -0.39 is 0 Å². The molecule has 0 radical (unpaired) electrons. The predicted octanol–water partition coefficient (Wildman–Crippen LogP) is 5.70. The van der Waals surface area contributed by atoms with Crippen LogP contribution in [0.15, 0.2) is 46.9 Å². The van der Waals surface area contributed by atoms with E-state index in [2.05, 4.69) is 5.32 Å². The van der Waals surface area contributed by atoms with Crippen molar-refractivity contribution in [1.29, 1.82) is 0 Å². The fraction of sp³-hybridized carbons (Fsp3) is 0.125. The summed E-state index contributed by atoms with van der Waals surface area (Å²) in [6.45, 7) is 0. The second-order valence-corrected chi connectivity index (χ2v) is 5.92. The van der Waals surface area contributed by atoms with E-state index in [0.717, 1.165) is 16.7 Å². The molecule has 1 heterocycles. The summed E-state index contributed by atoms with van der Waals surface area (Å²) in [5.41, 5.74) is 1.66. The van der Waals surface area contributed by atoms with Gasteiger partial charge in [-0.15, -0.1) is 0 Å². The van der Waals surface area contributed by atoms with Crippen LogP contribution in [0.2, 0.25) is 15.1 Å². The number of fused-ring (bicyclic) bond motifs is 1. The third kappa shape index (κ3) is 2.77. The van der Waals surface area contributed by atoms with Gasteiger partial charge in [-0.25, -0.2) is 0 Å². The van der Waals surface area contributed by atoms with Crippen molar-refractivity contribution in [2.75, 3.05) is 7.05 Å². The number of benzene rings is 2. The first kappa shape index (κ1) is 14.7. The Kier molecular flexibility index (Phi) is 4.14. The van der Waals surface area contributed by atoms with Crippen molar-refractivity contribution in [3.63, 3.8) is 0 Å². The fourth-order valence-corrected chi connectivity index (χ4v) is 2.88. The van der Waals surface area contributed by atoms with Crippen LogP contribution in [0.3, 0.4) is 0 Å². The Labute approximate surface area is 137 Å². The average Bonchev–Trinajstić information content (AvgIpc) is 2.89. The highest BCUT2D eigenvalue weighted by molar-refractivity contribution is 6.42. The molecule has 0 saturated heterocycles. The number of para-hydroxylation sites is 1. The van der Waals surface area contributed by atoms with E-state index in [0.29, 0.717) is 20.7 Å². The van der Waals surface area contributed by atoms with Gasteiger partial charge in [-0.2, -0.15) is 0 Å². The Hall–Kier alpha value is -1.19. The van der Waals surface area contributed by atoms with Crippen molar-refractivity contribution >= 4 is 45.8 Å². The van der Waals surface area contributed by atoms with Crippen molar-refractivity contribution in [2.45, 2.75) is 6.04 Å². The highest BCUT2D eigenvalue weighted by atomic mass is 35.5. The smallest absolute Gasteiger partial charge is 0.152 e. The topological polar surface area (TPSA) is 25.2 Å². The second-order valence-electron chi connectivity index (χ2n) is 4.70. The van der Waals surface area contributed by atoms with Gasteiger partial charge < -0.3 is 9.73 Å². The van der Waals surface area contributed by atoms with Crippen molar-refractivity contribution in [2.24, 2.45) is 0 Å². The maximum absolute atomic E-state index is 6.16. The van der Waals surface area contributed by atoms with E-state index in [1.54, 1.807) is 6.07 Å². The van der Waals surface area contributed by atoms with E-state index in [1.807, 2.05) is 43.4 Å². The average molecular weight is 341 g/mol. The van der Waals surface area contributed by atoms with Gasteiger partial charge in [0.1, 0.15) is 5.76 Å². The summed E-state index contributed by atoms with van der Waals surface area (Å²) >= 11 is 18.2. The van der Waals surface area contributed by atoms with E-state index in [4.69, 9.17) is 39.2 Å². The predicted molar refractivity (Wildman–Crippen MR) is 88.6 cm³/mol. The molecular formula is C16H12Cl3NO. The standard InChI is InChI=1S/C16H12Cl3NO/c1-20-15(9-5-6-11(17)13(19)7-9)14-8-10-3-2-4-12(18)16(10)21-14/h2-8,15,20H,1H3. The molecule has 0 aliphatic heterocycles. The molecule has 0 amide bonds. The summed E-state index contributed by atoms with van der Waals surface area (Å²) in [4.78, 5) is 0. The van der Waals surface area contributed by atoms with Crippen molar-refractivity contribution < 1.29 is 4.42 Å². The SMILES string of the molecule is CNC(c1ccc(Cl)c(Cl)c1)c1cc2cccc(Cl)c2o1. The Balaban J connectivity index is 2.09. The van der Waals surface area contributed by atoms with Crippen LogP contribution in [0.25, 0.3) is 11.0 Å². The van der Waals surface area contributed by atoms with Crippen LogP contribution in [-0.4, -0.2) is 7.05 Å². The number of hydrogen-bond acceptors (Lipinski definition) is 2. The quantitative estimate of drug-likeness (QED) is 0.661. The molecule has 1 N–H and O–H groups in total. The van der Waals surface area contributed by atoms with E-state index in [1.165, 1.54) is 0 Å². The maximum atomic E-state index is 6.16. The molecule has 1 unspecified atom stereocenters. The zero-order chi connectivity index (χ0) is 15.0. The van der Waals surface area contributed by atoms with Crippen molar-refractivity contribution in [3.05, 3.63) is 68.9 Å². The first-order valence-electron chi connectivity index (χ1n) is 6.40. The van der Waals surface area contributed by atoms with Gasteiger partial charge in [0.2, 0.25) is 0 Å². The summed E-state index contributed by atoms with van der Waals surface area (Å²) < 4.78 is 5.91. The Morgan fingerprint density at radius 3 is 2.43 bits per heavy atom. The van der Waals surface area contributed by atoms with Crippen LogP contribution in [0.5, 0.6) is 0 Å². The lowest BCUT2D eigenvalue weighted by Crippen LogP contribution is -2.16. The second kappa shape index (κ2) is 5.90. The van der Waals surface area contributed by atoms with E-state index in [-0.39, 0.29) is 6.04 Å². The molecule has 2 aromatic carbocycles. The molecule has 0 aliphatic carbocycles. The Morgan fingerprint density at radius 1 is 0.952 bits per heavy atom. The highest BCUT2D eigenvalue weighted by Gasteiger charge is 2.18. The zero-order valence-electron chi connectivity index (χ0n) is 11.2. The van der Waals surface area contributed by atoms with Crippen LogP contribution < -0.4 is 5.32 Å². The van der Waals surface area contributed by atoms with Gasteiger partial charge in [0.05, 0.1) is 21.1 Å². The minimum Gasteiger partial charge on any atom is -0.457 e. The summed E-state index contributed by atoms with van der Waals surface area (Å²) in [6, 6.07) is 13.1. The minimum atomic E-state index is -0.122. The van der Waals surface area contributed by atoms with Gasteiger partial charge in [0.25, 0.3) is 0 Å². The molecule has 1 aromatic heterocycles. The van der Waals surface area contributed by atoms with Gasteiger partial charge in [-0.1, -0.05) is 53.0 Å². The summed E-state index contributed by atoms with van der Waals surface area (Å²) in [6.07, 6.45) is 0. The molecule has 21 heavy (non-hydrogen) atoms. The van der Waals surface area contributed by atoms with Crippen LogP contribution in [0.4, 0.5) is 0 Å². The number of furan rings is 1. The third-order valence-electron chi connectivity index (χ3n) is 3.37. The van der Waals surface area contributed by atoms with Gasteiger partial charge in [-0.3, -0.25) is 0 Å². The molecule has 108 valence electrons. The molecule has 0 aliphatic rings. The lowest BCUT2D eigenvalue weighted by molar-refractivity contribution is 0.492. The van der Waals surface area contributed by atoms with Gasteiger partial charge >= 0.3 is 0 Å². The molecule has 0 bridgehead atoms. The molecule has 0 spiro atoms. The molecule has 3 rings (SSSR count). The Morgan fingerprint density at radius 2 is 1.76 bits per heavy atom. The first-order valence-corrected chi connectivity index (χ1v) is 7.53. The van der Waals surface area contributed by atoms with Crippen LogP contribution in [-0.2, 0) is 0 Å². The normalized spacial score (nSPS) is 12.8. The Bertz CT molecular complexity index is 797. The molecular weight excluding hydrogens is 329 g/mol. The summed E-state index contributed by atoms with van der Waals surface area (Å²) in [7, 11) is 1.86. The van der Waals surface area contributed by atoms with Gasteiger partial charge in [0.15, 0.2) is 5.58 Å². The highest BCUT2D eigenvalue weighted by Crippen LogP contribution is 2.33. The summed E-state index contributed by atoms with van der Waals surface area (Å²) in [5.74, 6) is 0.777. The third-order valence-corrected chi connectivity index (χ3v) is 4.40. The van der Waals surface area contributed by atoms with Gasteiger partial charge in [-0.05, 0) is 36.9 Å². The van der Waals surface area contributed by atoms with Crippen LogP contribution >= 0.6 is 34.8 Å². The number of rotatable bonds is 3. The molecule has 5 heteroatoms. The van der Waals surface area contributed by atoms with Crippen LogP contribution in [0.1, 0.15) is 17.4 Å². The van der Waals surface area contributed by atoms with Crippen molar-refractivity contribution in [3.8, 4) is 0 Å². The number of hydrogen-bond donors (Lipinski definition) is 1. The van der Waals surface area contributed by atoms with E-state index in [9.17, 15) is 0 Å². The molecule has 1 atom stereocenters. The van der Waals surface area contributed by atoms with Crippen molar-refractivity contribution in [1.82, 2.24) is 5.32 Å². The molecule has 0 saturated carbocycles. The monoisotopic (exact) mass is 339 g/mol. The van der Waals surface area contributed by atoms with Crippen LogP contribution in [0, 0.1) is 0 Å². The lowest BCUT2D eigenvalue weighted by atomic mass is 10.0.